The van der Waals surface area contributed by atoms with E-state index in [0.717, 1.165) is 11.0 Å². The van der Waals surface area contributed by atoms with Gasteiger partial charge >= 0.3 is 0 Å². The van der Waals surface area contributed by atoms with Crippen molar-refractivity contribution >= 4 is 15.9 Å². The SMILES string of the molecule is CC(c1ccc(Br)cc1)C(CN)N1CCCCC1. The first-order valence-electron chi connectivity index (χ1n) is 6.92. The van der Waals surface area contributed by atoms with Gasteiger partial charge in [-0.2, -0.15) is 0 Å². The molecule has 1 aliphatic heterocycles. The van der Waals surface area contributed by atoms with Crippen molar-refractivity contribution in [1.82, 2.24) is 4.90 Å². The molecule has 100 valence electrons. The van der Waals surface area contributed by atoms with Gasteiger partial charge in [-0.05, 0) is 49.5 Å². The van der Waals surface area contributed by atoms with Crippen LogP contribution in [0, 0.1) is 0 Å². The highest BCUT2D eigenvalue weighted by Crippen LogP contribution is 2.26. The number of piperidine rings is 1. The summed E-state index contributed by atoms with van der Waals surface area (Å²) in [6.45, 7) is 5.47. The highest BCUT2D eigenvalue weighted by atomic mass is 79.9. The largest absolute Gasteiger partial charge is 0.329 e. The van der Waals surface area contributed by atoms with Crippen LogP contribution in [0.2, 0.25) is 0 Å². The maximum atomic E-state index is 6.02. The van der Waals surface area contributed by atoms with Gasteiger partial charge in [0, 0.05) is 17.1 Å². The molecule has 0 saturated carbocycles. The van der Waals surface area contributed by atoms with Crippen LogP contribution in [0.15, 0.2) is 28.7 Å². The van der Waals surface area contributed by atoms with Gasteiger partial charge in [0.2, 0.25) is 0 Å². The highest BCUT2D eigenvalue weighted by Gasteiger charge is 2.25. The van der Waals surface area contributed by atoms with Crippen molar-refractivity contribution in [3.05, 3.63) is 34.3 Å². The Morgan fingerprint density at radius 1 is 1.17 bits per heavy atom. The minimum absolute atomic E-state index is 0.478. The lowest BCUT2D eigenvalue weighted by atomic mass is 9.91. The number of hydrogen-bond acceptors (Lipinski definition) is 2. The molecule has 1 fully saturated rings. The Labute approximate surface area is 119 Å². The molecule has 1 saturated heterocycles. The molecule has 0 aromatic heterocycles. The summed E-state index contributed by atoms with van der Waals surface area (Å²) in [5, 5.41) is 0. The number of nitrogens with zero attached hydrogens (tertiary/aromatic N) is 1. The molecule has 1 aliphatic rings. The van der Waals surface area contributed by atoms with Crippen LogP contribution in [0.4, 0.5) is 0 Å². The zero-order chi connectivity index (χ0) is 13.0. The number of halogens is 1. The Balaban J connectivity index is 2.08. The van der Waals surface area contributed by atoms with Crippen molar-refractivity contribution in [2.45, 2.75) is 38.1 Å². The van der Waals surface area contributed by atoms with Crippen LogP contribution in [-0.4, -0.2) is 30.6 Å². The van der Waals surface area contributed by atoms with E-state index in [2.05, 4.69) is 52.0 Å². The van der Waals surface area contributed by atoms with Gasteiger partial charge in [-0.15, -0.1) is 0 Å². The monoisotopic (exact) mass is 310 g/mol. The van der Waals surface area contributed by atoms with E-state index in [9.17, 15) is 0 Å². The second-order valence-electron chi connectivity index (χ2n) is 5.24. The summed E-state index contributed by atoms with van der Waals surface area (Å²) in [6, 6.07) is 9.14. The average Bonchev–Trinajstić information content (AvgIpc) is 2.41. The van der Waals surface area contributed by atoms with Crippen LogP contribution in [0.3, 0.4) is 0 Å². The van der Waals surface area contributed by atoms with Gasteiger partial charge in [-0.1, -0.05) is 41.4 Å². The van der Waals surface area contributed by atoms with Crippen molar-refractivity contribution in [3.8, 4) is 0 Å². The molecule has 0 aliphatic carbocycles. The summed E-state index contributed by atoms with van der Waals surface area (Å²) < 4.78 is 1.14. The van der Waals surface area contributed by atoms with Crippen LogP contribution in [0.5, 0.6) is 0 Å². The Morgan fingerprint density at radius 3 is 2.33 bits per heavy atom. The van der Waals surface area contributed by atoms with E-state index < -0.39 is 0 Å². The zero-order valence-corrected chi connectivity index (χ0v) is 12.7. The Hall–Kier alpha value is -0.380. The third kappa shape index (κ3) is 3.34. The third-order valence-corrected chi connectivity index (χ3v) is 4.60. The van der Waals surface area contributed by atoms with Gasteiger partial charge in [0.05, 0.1) is 0 Å². The predicted octanol–water partition coefficient (Wildman–Crippen LogP) is 3.37. The average molecular weight is 311 g/mol. The summed E-state index contributed by atoms with van der Waals surface area (Å²) in [5.74, 6) is 0.501. The maximum Gasteiger partial charge on any atom is 0.0284 e. The number of nitrogens with two attached hydrogens (primary N) is 1. The molecule has 1 aromatic rings. The molecule has 0 spiro atoms. The quantitative estimate of drug-likeness (QED) is 0.924. The number of benzene rings is 1. The topological polar surface area (TPSA) is 29.3 Å². The molecule has 2 nitrogen and oxygen atoms in total. The molecule has 0 bridgehead atoms. The molecule has 2 atom stereocenters. The standard InChI is InChI=1S/C15H23BrN2/c1-12(13-5-7-14(16)8-6-13)15(11-17)18-9-3-2-4-10-18/h5-8,12,15H,2-4,9-11,17H2,1H3. The molecule has 0 amide bonds. The molecule has 2 unspecified atom stereocenters. The summed E-state index contributed by atoms with van der Waals surface area (Å²) in [7, 11) is 0. The fourth-order valence-electron chi connectivity index (χ4n) is 2.91. The molecule has 3 heteroatoms. The van der Waals surface area contributed by atoms with Crippen LogP contribution in [-0.2, 0) is 0 Å². The molecule has 2 N–H and O–H groups in total. The van der Waals surface area contributed by atoms with E-state index in [4.69, 9.17) is 5.73 Å². The summed E-state index contributed by atoms with van der Waals surface area (Å²) in [5.41, 5.74) is 7.41. The highest BCUT2D eigenvalue weighted by molar-refractivity contribution is 9.10. The fraction of sp³-hybridized carbons (Fsp3) is 0.600. The van der Waals surface area contributed by atoms with Gasteiger partial charge in [0.25, 0.3) is 0 Å². The molecule has 0 radical (unpaired) electrons. The Morgan fingerprint density at radius 2 is 1.78 bits per heavy atom. The molecular formula is C15H23BrN2. The molecule has 1 aromatic carbocycles. The predicted molar refractivity (Wildman–Crippen MR) is 80.8 cm³/mol. The van der Waals surface area contributed by atoms with Crippen molar-refractivity contribution < 1.29 is 0 Å². The lowest BCUT2D eigenvalue weighted by molar-refractivity contribution is 0.149. The van der Waals surface area contributed by atoms with E-state index in [0.29, 0.717) is 12.0 Å². The van der Waals surface area contributed by atoms with Gasteiger partial charge in [-0.3, -0.25) is 4.90 Å². The van der Waals surface area contributed by atoms with E-state index in [-0.39, 0.29) is 0 Å². The van der Waals surface area contributed by atoms with Crippen LogP contribution in [0.1, 0.15) is 37.7 Å². The van der Waals surface area contributed by atoms with Gasteiger partial charge in [0.15, 0.2) is 0 Å². The van der Waals surface area contributed by atoms with Gasteiger partial charge in [-0.25, -0.2) is 0 Å². The second kappa shape index (κ2) is 6.69. The maximum absolute atomic E-state index is 6.02. The van der Waals surface area contributed by atoms with Crippen LogP contribution >= 0.6 is 15.9 Å². The number of likely N-dealkylation sites (tertiary alicyclic amines) is 1. The third-order valence-electron chi connectivity index (χ3n) is 4.07. The minimum atomic E-state index is 0.478. The van der Waals surface area contributed by atoms with E-state index in [1.165, 1.54) is 37.9 Å². The Bertz CT molecular complexity index is 357. The first-order chi connectivity index (χ1) is 8.72. The lowest BCUT2D eigenvalue weighted by Crippen LogP contribution is -2.46. The Kier molecular flexibility index (Phi) is 5.22. The second-order valence-corrected chi connectivity index (χ2v) is 6.16. The summed E-state index contributed by atoms with van der Waals surface area (Å²) in [4.78, 5) is 2.58. The smallest absolute Gasteiger partial charge is 0.0284 e. The van der Waals surface area contributed by atoms with E-state index >= 15 is 0 Å². The molecule has 2 rings (SSSR count). The van der Waals surface area contributed by atoms with Gasteiger partial charge < -0.3 is 5.73 Å². The van der Waals surface area contributed by atoms with Gasteiger partial charge in [0.1, 0.15) is 0 Å². The molecule has 1 heterocycles. The van der Waals surface area contributed by atoms with Crippen LogP contribution < -0.4 is 5.73 Å². The van der Waals surface area contributed by atoms with E-state index in [1.807, 2.05) is 0 Å². The van der Waals surface area contributed by atoms with Crippen molar-refractivity contribution in [2.24, 2.45) is 5.73 Å². The van der Waals surface area contributed by atoms with Crippen molar-refractivity contribution in [3.63, 3.8) is 0 Å². The zero-order valence-electron chi connectivity index (χ0n) is 11.1. The fourth-order valence-corrected chi connectivity index (χ4v) is 3.17. The summed E-state index contributed by atoms with van der Waals surface area (Å²) >= 11 is 3.49. The first-order valence-corrected chi connectivity index (χ1v) is 7.71. The lowest BCUT2D eigenvalue weighted by Gasteiger charge is -2.37. The van der Waals surface area contributed by atoms with Crippen molar-refractivity contribution in [1.29, 1.82) is 0 Å². The molecule has 18 heavy (non-hydrogen) atoms. The normalized spacial score (nSPS) is 20.6. The first kappa shape index (κ1) is 14.0. The number of hydrogen-bond donors (Lipinski definition) is 1. The van der Waals surface area contributed by atoms with E-state index in [1.54, 1.807) is 0 Å². The van der Waals surface area contributed by atoms with Crippen LogP contribution in [0.25, 0.3) is 0 Å². The number of rotatable bonds is 4. The molecular weight excluding hydrogens is 288 g/mol. The van der Waals surface area contributed by atoms with Crippen molar-refractivity contribution in [2.75, 3.05) is 19.6 Å². The minimum Gasteiger partial charge on any atom is -0.329 e. The summed E-state index contributed by atoms with van der Waals surface area (Å²) in [6.07, 6.45) is 4.02.